The fraction of sp³-hybridized carbons (Fsp3) is 0.355. The van der Waals surface area contributed by atoms with Crippen LogP contribution in [0.2, 0.25) is 0 Å². The summed E-state index contributed by atoms with van der Waals surface area (Å²) in [6.45, 7) is 41.9. The van der Waals surface area contributed by atoms with E-state index in [0.29, 0.717) is 23.3 Å². The SMILES string of the molecule is CC(C)(C)c1cc(C(C)(C)C)c([I+]c2ccccc2)c(C(C)(C)C)c1.CC(C)c1cc(C(C)C)c([I+]c2ccccc2)c(C(C)C)c1.CCc1cc(CC)c([I+]c2ccccc2)c(CC)c1.O=C(O)c1ccccc1[I+]c1ccccc1. The molecule has 0 saturated carbocycles. The highest BCUT2D eigenvalue weighted by molar-refractivity contribution is 5.87. The zero-order valence-corrected chi connectivity index (χ0v) is 61.2. The Hall–Kier alpha value is -3.85. The van der Waals surface area contributed by atoms with E-state index in [2.05, 4.69) is 252 Å². The average molecular weight is 1550 g/mol. The molecular weight excluding hydrogens is 1450 g/mol. The van der Waals surface area contributed by atoms with Crippen molar-refractivity contribution in [2.45, 2.75) is 178 Å². The molecule has 0 fully saturated rings. The summed E-state index contributed by atoms with van der Waals surface area (Å²) in [5.41, 5.74) is 14.8. The maximum atomic E-state index is 11.0. The summed E-state index contributed by atoms with van der Waals surface area (Å²) in [5, 5.41) is 9.06. The smallest absolute Gasteiger partial charge is 0.358 e. The van der Waals surface area contributed by atoms with E-state index in [1.807, 2.05) is 42.5 Å². The highest BCUT2D eigenvalue weighted by Gasteiger charge is 2.36. The Morgan fingerprint density at radius 3 is 1.09 bits per heavy atom. The first-order valence-corrected chi connectivity index (χ1v) is 38.0. The van der Waals surface area contributed by atoms with E-state index >= 15 is 0 Å². The number of halogens is 4. The van der Waals surface area contributed by atoms with Gasteiger partial charge in [-0.05, 0) is 131 Å². The Kier molecular flexibility index (Phi) is 27.4. The number of hydrogen-bond acceptors (Lipinski definition) is 1. The molecule has 0 amide bonds. The molecule has 0 atom stereocenters. The molecule has 1 N–H and O–H groups in total. The third-order valence-electron chi connectivity index (χ3n) is 13.9. The molecule has 0 heterocycles. The Balaban J connectivity index is 0.000000203. The molecule has 8 rings (SSSR count). The van der Waals surface area contributed by atoms with Gasteiger partial charge in [-0.15, -0.1) is 0 Å². The second-order valence-electron chi connectivity index (χ2n) is 24.7. The molecule has 0 spiro atoms. The first-order valence-electron chi connectivity index (χ1n) is 29.4. The van der Waals surface area contributed by atoms with Gasteiger partial charge in [-0.25, -0.2) is 4.79 Å². The van der Waals surface area contributed by atoms with Crippen LogP contribution in [0.4, 0.5) is 0 Å². The van der Waals surface area contributed by atoms with Crippen LogP contribution in [0.5, 0.6) is 0 Å². The summed E-state index contributed by atoms with van der Waals surface area (Å²) >= 11 is -0.763. The third kappa shape index (κ3) is 21.0. The molecule has 0 unspecified atom stereocenters. The molecule has 2 nitrogen and oxygen atoms in total. The van der Waals surface area contributed by atoms with Crippen LogP contribution in [0.15, 0.2) is 182 Å². The predicted molar refractivity (Wildman–Crippen MR) is 335 cm³/mol. The molecule has 0 radical (unpaired) electrons. The van der Waals surface area contributed by atoms with Crippen molar-refractivity contribution in [1.29, 1.82) is 0 Å². The lowest BCUT2D eigenvalue weighted by atomic mass is 9.75. The zero-order valence-electron chi connectivity index (χ0n) is 52.5. The lowest BCUT2D eigenvalue weighted by Crippen LogP contribution is -3.62. The standard InChI is InChI=1S/C24H34I.C21H28I.C18H22I.C13H9IO2/c1-22(2,3)17-15-19(23(4,5)6)21(20(16-17)24(7,8)9)25-18-13-11-10-12-14-18;1-14(2)17-12-19(15(3)4)21(20(13-17)16(5)6)22-18-10-8-7-9-11-18;1-4-14-12-15(5-2)18(16(6-3)13-14)19-17-10-8-7-9-11-17;15-13(16)11-8-4-5-9-12(11)14-10-6-2-1-3-7-10/h10-16H,1-9H3;7-16H,1-6H3;7-13H,4-6H2,1-3H3;1-9H/q3*+1;/p+1. The predicted octanol–water partition coefficient (Wildman–Crippen LogP) is 7.91. The maximum Gasteiger partial charge on any atom is 0.358 e. The Bertz CT molecular complexity index is 3140. The summed E-state index contributed by atoms with van der Waals surface area (Å²) in [6.07, 6.45) is 3.45. The van der Waals surface area contributed by atoms with Gasteiger partial charge in [0.1, 0.15) is 5.56 Å². The van der Waals surface area contributed by atoms with Crippen LogP contribution in [0.1, 0.15) is 203 Å². The van der Waals surface area contributed by atoms with E-state index in [9.17, 15) is 4.79 Å². The van der Waals surface area contributed by atoms with Gasteiger partial charge in [0.2, 0.25) is 14.3 Å². The second-order valence-corrected chi connectivity index (χ2v) is 36.3. The summed E-state index contributed by atoms with van der Waals surface area (Å²) in [5.74, 6) is 0.939. The summed E-state index contributed by atoms with van der Waals surface area (Å²) in [7, 11) is 0. The van der Waals surface area contributed by atoms with Crippen molar-refractivity contribution in [3.05, 3.63) is 266 Å². The molecule has 0 aliphatic rings. The van der Waals surface area contributed by atoms with Gasteiger partial charge in [-0.3, -0.25) is 0 Å². The first kappa shape index (κ1) is 68.9. The van der Waals surface area contributed by atoms with Gasteiger partial charge in [0.15, 0.2) is 14.3 Å². The van der Waals surface area contributed by atoms with Crippen molar-refractivity contribution in [3.63, 3.8) is 0 Å². The van der Waals surface area contributed by atoms with E-state index in [0.717, 1.165) is 22.8 Å². The van der Waals surface area contributed by atoms with Gasteiger partial charge in [0, 0.05) is 33.4 Å². The van der Waals surface area contributed by atoms with E-state index in [4.69, 9.17) is 5.11 Å². The molecule has 0 saturated heterocycles. The van der Waals surface area contributed by atoms with Gasteiger partial charge in [0.05, 0.1) is 0 Å². The van der Waals surface area contributed by atoms with Gasteiger partial charge in [0.25, 0.3) is 0 Å². The number of carboxylic acids is 1. The number of carbonyl (C=O) groups is 1. The van der Waals surface area contributed by atoms with Crippen molar-refractivity contribution in [1.82, 2.24) is 0 Å². The van der Waals surface area contributed by atoms with Crippen LogP contribution in [0, 0.1) is 28.6 Å². The number of aromatic carboxylic acids is 1. The fourth-order valence-corrected chi connectivity index (χ4v) is 22.1. The molecule has 82 heavy (non-hydrogen) atoms. The van der Waals surface area contributed by atoms with E-state index in [1.54, 1.807) is 56.2 Å². The minimum absolute atomic E-state index is 0.0455. The first-order chi connectivity index (χ1) is 38.7. The normalized spacial score (nSPS) is 11.6. The molecule has 8 aromatic carbocycles. The zero-order chi connectivity index (χ0) is 60.4. The monoisotopic (exact) mass is 1550 g/mol. The highest BCUT2D eigenvalue weighted by atomic mass is 127. The van der Waals surface area contributed by atoms with Crippen molar-refractivity contribution in [2.24, 2.45) is 0 Å². The Morgan fingerprint density at radius 2 is 0.756 bits per heavy atom. The Morgan fingerprint density at radius 1 is 0.402 bits per heavy atom. The van der Waals surface area contributed by atoms with Crippen molar-refractivity contribution in [3.8, 4) is 0 Å². The minimum Gasteiger partial charge on any atom is -0.478 e. The van der Waals surface area contributed by atoms with Crippen LogP contribution >= 0.6 is 0 Å². The third-order valence-corrected chi connectivity index (χ3v) is 26.2. The summed E-state index contributed by atoms with van der Waals surface area (Å²) in [6, 6.07) is 65.1. The fourth-order valence-electron chi connectivity index (χ4n) is 8.96. The van der Waals surface area contributed by atoms with E-state index in [1.165, 1.54) is 31.0 Å². The molecule has 0 aliphatic carbocycles. The van der Waals surface area contributed by atoms with Crippen LogP contribution in [0.3, 0.4) is 0 Å². The van der Waals surface area contributed by atoms with Crippen LogP contribution in [-0.4, -0.2) is 11.1 Å². The molecule has 0 aromatic heterocycles. The lowest BCUT2D eigenvalue weighted by molar-refractivity contribution is -0.600. The number of hydrogen-bond donors (Lipinski definition) is 1. The van der Waals surface area contributed by atoms with E-state index in [-0.39, 0.29) is 79.9 Å². The van der Waals surface area contributed by atoms with Crippen LogP contribution in [-0.2, 0) is 35.5 Å². The molecule has 8 aromatic rings. The van der Waals surface area contributed by atoms with E-state index < -0.39 is 27.2 Å². The molecule has 0 bridgehead atoms. The molecule has 434 valence electrons. The second kappa shape index (κ2) is 32.6. The maximum absolute atomic E-state index is 11.0. The molecular formula is C76H94I4O2+4. The van der Waals surface area contributed by atoms with Crippen LogP contribution < -0.4 is 84.8 Å². The highest BCUT2D eigenvalue weighted by Crippen LogP contribution is 2.35. The lowest BCUT2D eigenvalue weighted by Gasteiger charge is -2.29. The minimum atomic E-state index is -0.841. The summed E-state index contributed by atoms with van der Waals surface area (Å²) in [4.78, 5) is 11.0. The van der Waals surface area contributed by atoms with Crippen LogP contribution in [0.25, 0.3) is 0 Å². The van der Waals surface area contributed by atoms with Crippen molar-refractivity contribution < 1.29 is 94.7 Å². The number of rotatable bonds is 15. The van der Waals surface area contributed by atoms with Gasteiger partial charge >= 0.3 is 90.8 Å². The topological polar surface area (TPSA) is 37.3 Å². The van der Waals surface area contributed by atoms with Gasteiger partial charge in [-0.2, -0.15) is 0 Å². The van der Waals surface area contributed by atoms with Gasteiger partial charge in [-0.1, -0.05) is 246 Å². The van der Waals surface area contributed by atoms with Gasteiger partial charge < -0.3 is 5.11 Å². The molecule has 0 aliphatic heterocycles. The quantitative estimate of drug-likeness (QED) is 0.106. The van der Waals surface area contributed by atoms with Crippen molar-refractivity contribution >= 4 is 5.97 Å². The number of benzene rings is 8. The number of aryl methyl sites for hydroxylation is 3. The number of carboxylic acid groups (broad SMARTS) is 1. The molecule has 6 heteroatoms. The average Bonchev–Trinajstić information content (AvgIpc) is 2.56. The summed E-state index contributed by atoms with van der Waals surface area (Å²) < 4.78 is 11.7. The Labute approximate surface area is 539 Å². The van der Waals surface area contributed by atoms with Crippen molar-refractivity contribution in [2.75, 3.05) is 0 Å². The largest absolute Gasteiger partial charge is 0.478 e.